The van der Waals surface area contributed by atoms with Gasteiger partial charge in [-0.05, 0) is 54.1 Å². The molecule has 2 N–H and O–H groups in total. The Kier molecular flexibility index (Phi) is 8.03. The van der Waals surface area contributed by atoms with Crippen LogP contribution in [0.3, 0.4) is 0 Å². The maximum atomic E-state index is 12.9. The number of rotatable bonds is 8. The van der Waals surface area contributed by atoms with Crippen molar-refractivity contribution in [1.82, 2.24) is 0 Å². The van der Waals surface area contributed by atoms with Gasteiger partial charge in [-0.2, -0.15) is 0 Å². The van der Waals surface area contributed by atoms with Crippen molar-refractivity contribution in [3.8, 4) is 11.5 Å². The third-order valence-electron chi connectivity index (χ3n) is 5.52. The van der Waals surface area contributed by atoms with E-state index in [4.69, 9.17) is 21.1 Å². The molecule has 4 aromatic carbocycles. The number of nitrogens with one attached hydrogen (secondary N) is 2. The second kappa shape index (κ2) is 11.4. The molecule has 4 rings (SSSR count). The minimum Gasteiger partial charge on any atom is -0.495 e. The molecule has 0 aromatic heterocycles. The Morgan fingerprint density at radius 1 is 0.833 bits per heavy atom. The molecule has 1 unspecified atom stereocenters. The van der Waals surface area contributed by atoms with E-state index in [1.54, 1.807) is 19.1 Å². The van der Waals surface area contributed by atoms with Crippen LogP contribution in [0, 0.1) is 0 Å². The molecule has 0 aliphatic heterocycles. The lowest BCUT2D eigenvalue weighted by atomic mass is 10.1. The molecule has 8 heteroatoms. The molecule has 36 heavy (non-hydrogen) atoms. The van der Waals surface area contributed by atoms with Crippen LogP contribution in [0.5, 0.6) is 11.5 Å². The fourth-order valence-electron chi connectivity index (χ4n) is 3.63. The van der Waals surface area contributed by atoms with Crippen molar-refractivity contribution in [2.24, 2.45) is 0 Å². The van der Waals surface area contributed by atoms with Crippen molar-refractivity contribution >= 4 is 57.3 Å². The first kappa shape index (κ1) is 25.4. The number of halogens is 1. The Bertz CT molecular complexity index is 1430. The quantitative estimate of drug-likeness (QED) is 0.248. The zero-order chi connectivity index (χ0) is 25.7. The molecule has 6 nitrogen and oxygen atoms in total. The lowest BCUT2D eigenvalue weighted by Gasteiger charge is -2.16. The topological polar surface area (TPSA) is 76.7 Å². The molecule has 0 aliphatic rings. The van der Waals surface area contributed by atoms with Crippen LogP contribution in [0.1, 0.15) is 17.3 Å². The Balaban J connectivity index is 1.42. The third kappa shape index (κ3) is 5.93. The maximum Gasteiger partial charge on any atom is 0.255 e. The summed E-state index contributed by atoms with van der Waals surface area (Å²) in [5, 5.41) is 7.82. The molecular weight excluding hydrogens is 496 g/mol. The first-order chi connectivity index (χ1) is 17.4. The zero-order valence-corrected chi connectivity index (χ0v) is 21.6. The molecule has 0 saturated heterocycles. The Hall–Kier alpha value is -3.68. The molecule has 0 radical (unpaired) electrons. The van der Waals surface area contributed by atoms with E-state index in [0.717, 1.165) is 15.7 Å². The zero-order valence-electron chi connectivity index (χ0n) is 20.0. The minimum absolute atomic E-state index is 0.197. The normalized spacial score (nSPS) is 11.6. The monoisotopic (exact) mass is 520 g/mol. The number of fused-ring (bicyclic) bond motifs is 1. The van der Waals surface area contributed by atoms with Crippen molar-refractivity contribution in [2.45, 2.75) is 17.1 Å². The van der Waals surface area contributed by atoms with Crippen molar-refractivity contribution < 1.29 is 19.1 Å². The van der Waals surface area contributed by atoms with Gasteiger partial charge in [0.25, 0.3) is 5.91 Å². The van der Waals surface area contributed by atoms with Gasteiger partial charge in [-0.15, -0.1) is 11.8 Å². The summed E-state index contributed by atoms with van der Waals surface area (Å²) < 4.78 is 10.6. The average molecular weight is 521 g/mol. The van der Waals surface area contributed by atoms with Crippen molar-refractivity contribution in [3.05, 3.63) is 89.4 Å². The van der Waals surface area contributed by atoms with E-state index in [9.17, 15) is 9.59 Å². The predicted molar refractivity (Wildman–Crippen MR) is 147 cm³/mol. The number of amides is 2. The first-order valence-corrected chi connectivity index (χ1v) is 12.4. The maximum absolute atomic E-state index is 12.9. The molecular formula is C28H25ClN2O4S. The number of hydrogen-bond acceptors (Lipinski definition) is 5. The second-order valence-electron chi connectivity index (χ2n) is 7.98. The Labute approximate surface area is 218 Å². The van der Waals surface area contributed by atoms with Crippen LogP contribution in [0.4, 0.5) is 11.4 Å². The van der Waals surface area contributed by atoms with Gasteiger partial charge in [-0.3, -0.25) is 9.59 Å². The molecule has 0 heterocycles. The van der Waals surface area contributed by atoms with Gasteiger partial charge in [0.15, 0.2) is 0 Å². The van der Waals surface area contributed by atoms with Gasteiger partial charge in [0.05, 0.1) is 30.2 Å². The largest absolute Gasteiger partial charge is 0.495 e. The molecule has 1 atom stereocenters. The predicted octanol–water partition coefficient (Wildman–Crippen LogP) is 6.88. The van der Waals surface area contributed by atoms with Gasteiger partial charge >= 0.3 is 0 Å². The van der Waals surface area contributed by atoms with Crippen molar-refractivity contribution in [1.29, 1.82) is 0 Å². The minimum atomic E-state index is -0.429. The van der Waals surface area contributed by atoms with E-state index in [2.05, 4.69) is 10.6 Å². The van der Waals surface area contributed by atoms with Gasteiger partial charge in [0.1, 0.15) is 11.5 Å². The van der Waals surface area contributed by atoms with Crippen molar-refractivity contribution in [2.75, 3.05) is 24.9 Å². The Morgan fingerprint density at radius 3 is 2.33 bits per heavy atom. The SMILES string of the molecule is COc1cc(OC)c(NC(=O)C(C)Sc2cccc(NC(=O)c3ccc4ccccc4c3)c2)cc1Cl. The number of benzene rings is 4. The second-order valence-corrected chi connectivity index (χ2v) is 9.80. The van der Waals surface area contributed by atoms with E-state index >= 15 is 0 Å². The lowest BCUT2D eigenvalue weighted by molar-refractivity contribution is -0.115. The number of ether oxygens (including phenoxy) is 2. The Morgan fingerprint density at radius 2 is 1.58 bits per heavy atom. The van der Waals surface area contributed by atoms with E-state index in [1.165, 1.54) is 26.0 Å². The van der Waals surface area contributed by atoms with Gasteiger partial charge in [-0.1, -0.05) is 48.0 Å². The molecule has 2 amide bonds. The molecule has 0 bridgehead atoms. The molecule has 184 valence electrons. The van der Waals surface area contributed by atoms with Crippen LogP contribution in [0.2, 0.25) is 5.02 Å². The van der Waals surface area contributed by atoms with Gasteiger partial charge in [0, 0.05) is 22.2 Å². The average Bonchev–Trinajstić information content (AvgIpc) is 2.88. The van der Waals surface area contributed by atoms with Crippen LogP contribution in [-0.2, 0) is 4.79 Å². The fourth-order valence-corrected chi connectivity index (χ4v) is 4.80. The van der Waals surface area contributed by atoms with E-state index < -0.39 is 5.25 Å². The van der Waals surface area contributed by atoms with E-state index in [0.29, 0.717) is 33.5 Å². The van der Waals surface area contributed by atoms with Gasteiger partial charge < -0.3 is 20.1 Å². The van der Waals surface area contributed by atoms with Crippen LogP contribution in [-0.4, -0.2) is 31.3 Å². The van der Waals surface area contributed by atoms with E-state index in [1.807, 2.05) is 66.7 Å². The van der Waals surface area contributed by atoms with Crippen LogP contribution < -0.4 is 20.1 Å². The summed E-state index contributed by atoms with van der Waals surface area (Å²) in [6.07, 6.45) is 0. The fraction of sp³-hybridized carbons (Fsp3) is 0.143. The standard InChI is InChI=1S/C28H25ClN2O4S/c1-17(27(32)31-24-15-23(29)25(34-2)16-26(24)35-3)36-22-10-6-9-21(14-22)30-28(33)20-12-11-18-7-4-5-8-19(18)13-20/h4-17H,1-3H3,(H,30,33)(H,31,32). The molecule has 0 fully saturated rings. The summed E-state index contributed by atoms with van der Waals surface area (Å²) in [6, 6.07) is 24.1. The highest BCUT2D eigenvalue weighted by molar-refractivity contribution is 8.00. The number of carbonyl (C=O) groups excluding carboxylic acids is 2. The number of thioether (sulfide) groups is 1. The third-order valence-corrected chi connectivity index (χ3v) is 6.91. The highest BCUT2D eigenvalue weighted by Crippen LogP contribution is 2.36. The summed E-state index contributed by atoms with van der Waals surface area (Å²) in [5.74, 6) is 0.485. The highest BCUT2D eigenvalue weighted by atomic mass is 35.5. The highest BCUT2D eigenvalue weighted by Gasteiger charge is 2.18. The number of anilines is 2. The number of hydrogen-bond donors (Lipinski definition) is 2. The summed E-state index contributed by atoms with van der Waals surface area (Å²) >= 11 is 7.58. The van der Waals surface area contributed by atoms with Gasteiger partial charge in [0.2, 0.25) is 5.91 Å². The summed E-state index contributed by atoms with van der Waals surface area (Å²) in [5.41, 5.74) is 1.68. The van der Waals surface area contributed by atoms with Crippen molar-refractivity contribution in [3.63, 3.8) is 0 Å². The van der Waals surface area contributed by atoms with Crippen LogP contribution in [0.15, 0.2) is 83.8 Å². The lowest BCUT2D eigenvalue weighted by Crippen LogP contribution is -2.22. The number of carbonyl (C=O) groups is 2. The summed E-state index contributed by atoms with van der Waals surface area (Å²) in [6.45, 7) is 1.80. The molecule has 0 aliphatic carbocycles. The molecule has 0 saturated carbocycles. The smallest absolute Gasteiger partial charge is 0.255 e. The van der Waals surface area contributed by atoms with Crippen LogP contribution >= 0.6 is 23.4 Å². The number of methoxy groups -OCH3 is 2. The molecule has 4 aromatic rings. The molecule has 0 spiro atoms. The summed E-state index contributed by atoms with van der Waals surface area (Å²) in [7, 11) is 3.02. The first-order valence-electron chi connectivity index (χ1n) is 11.2. The van der Waals surface area contributed by atoms with Gasteiger partial charge in [-0.25, -0.2) is 0 Å². The summed E-state index contributed by atoms with van der Waals surface area (Å²) in [4.78, 5) is 26.5. The van der Waals surface area contributed by atoms with Crippen LogP contribution in [0.25, 0.3) is 10.8 Å². The van der Waals surface area contributed by atoms with E-state index in [-0.39, 0.29) is 11.8 Å².